The van der Waals surface area contributed by atoms with Crippen LogP contribution in [0.1, 0.15) is 12.5 Å². The molecule has 0 spiro atoms. The Labute approximate surface area is 103 Å². The average molecular weight is 239 g/mol. The molecule has 4 heteroatoms. The van der Waals surface area contributed by atoms with Gasteiger partial charge < -0.3 is 19.1 Å². The second-order valence-corrected chi connectivity index (χ2v) is 3.85. The van der Waals surface area contributed by atoms with Gasteiger partial charge in [0.15, 0.2) is 11.5 Å². The highest BCUT2D eigenvalue weighted by molar-refractivity contribution is 5.50. The number of rotatable bonds is 6. The van der Waals surface area contributed by atoms with E-state index in [1.54, 1.807) is 21.3 Å². The molecule has 0 atom stereocenters. The zero-order valence-corrected chi connectivity index (χ0v) is 11.2. The molecule has 0 N–H and O–H groups in total. The minimum atomic E-state index is 0.687. The Morgan fingerprint density at radius 1 is 0.941 bits per heavy atom. The first-order valence-electron chi connectivity index (χ1n) is 5.63. The van der Waals surface area contributed by atoms with E-state index in [0.717, 1.165) is 30.2 Å². The van der Waals surface area contributed by atoms with Crippen molar-refractivity contribution in [2.75, 3.05) is 34.9 Å². The number of nitrogens with zero attached hydrogens (tertiary/aromatic N) is 1. The monoisotopic (exact) mass is 239 g/mol. The molecular weight excluding hydrogens is 218 g/mol. The predicted octanol–water partition coefficient (Wildman–Crippen LogP) is 2.16. The lowest BCUT2D eigenvalue weighted by Crippen LogP contribution is -2.17. The summed E-state index contributed by atoms with van der Waals surface area (Å²) in [6, 6.07) is 3.82. The van der Waals surface area contributed by atoms with Crippen LogP contribution in [0, 0.1) is 0 Å². The van der Waals surface area contributed by atoms with E-state index < -0.39 is 0 Å². The Hall–Kier alpha value is -1.42. The lowest BCUT2D eigenvalue weighted by Gasteiger charge is -2.18. The molecule has 0 unspecified atom stereocenters. The van der Waals surface area contributed by atoms with Crippen LogP contribution in [0.25, 0.3) is 0 Å². The van der Waals surface area contributed by atoms with E-state index in [9.17, 15) is 0 Å². The largest absolute Gasteiger partial charge is 0.496 e. The molecule has 0 aliphatic carbocycles. The van der Waals surface area contributed by atoms with Gasteiger partial charge in [0.25, 0.3) is 0 Å². The number of methoxy groups -OCH3 is 3. The molecule has 17 heavy (non-hydrogen) atoms. The van der Waals surface area contributed by atoms with Gasteiger partial charge in [0, 0.05) is 18.2 Å². The summed E-state index contributed by atoms with van der Waals surface area (Å²) in [5, 5.41) is 0. The Balaban J connectivity index is 3.09. The van der Waals surface area contributed by atoms with Crippen LogP contribution in [-0.4, -0.2) is 39.8 Å². The maximum absolute atomic E-state index is 5.37. The summed E-state index contributed by atoms with van der Waals surface area (Å²) in [7, 11) is 6.99. The van der Waals surface area contributed by atoms with E-state index in [0.29, 0.717) is 5.75 Å². The van der Waals surface area contributed by atoms with E-state index in [-0.39, 0.29) is 0 Å². The third-order valence-corrected chi connectivity index (χ3v) is 2.77. The van der Waals surface area contributed by atoms with Gasteiger partial charge >= 0.3 is 0 Å². The molecule has 0 bridgehead atoms. The van der Waals surface area contributed by atoms with Crippen molar-refractivity contribution in [3.8, 4) is 17.2 Å². The smallest absolute Gasteiger partial charge is 0.164 e. The van der Waals surface area contributed by atoms with Crippen molar-refractivity contribution in [1.82, 2.24) is 4.90 Å². The predicted molar refractivity (Wildman–Crippen MR) is 68.1 cm³/mol. The van der Waals surface area contributed by atoms with Crippen LogP contribution < -0.4 is 14.2 Å². The fourth-order valence-electron chi connectivity index (χ4n) is 1.62. The highest BCUT2D eigenvalue weighted by Gasteiger charge is 2.12. The SMILES string of the molecule is CCN(C)Cc1cc(OC)c(OC)cc1OC. The van der Waals surface area contributed by atoms with Crippen molar-refractivity contribution in [1.29, 1.82) is 0 Å². The van der Waals surface area contributed by atoms with Crippen LogP contribution in [0.4, 0.5) is 0 Å². The Bertz CT molecular complexity index is 366. The van der Waals surface area contributed by atoms with Gasteiger partial charge in [-0.1, -0.05) is 6.92 Å². The maximum Gasteiger partial charge on any atom is 0.164 e. The van der Waals surface area contributed by atoms with Crippen LogP contribution in [0.2, 0.25) is 0 Å². The van der Waals surface area contributed by atoms with Crippen molar-refractivity contribution in [3.05, 3.63) is 17.7 Å². The van der Waals surface area contributed by atoms with Crippen molar-refractivity contribution in [2.24, 2.45) is 0 Å². The molecule has 0 aliphatic heterocycles. The zero-order valence-electron chi connectivity index (χ0n) is 11.2. The fourth-order valence-corrected chi connectivity index (χ4v) is 1.62. The molecule has 4 nitrogen and oxygen atoms in total. The van der Waals surface area contributed by atoms with Crippen LogP contribution in [0.15, 0.2) is 12.1 Å². The molecule has 96 valence electrons. The van der Waals surface area contributed by atoms with Gasteiger partial charge in [0.1, 0.15) is 5.75 Å². The number of benzene rings is 1. The molecule has 0 aromatic heterocycles. The summed E-state index contributed by atoms with van der Waals surface area (Å²) >= 11 is 0. The summed E-state index contributed by atoms with van der Waals surface area (Å²) in [5.74, 6) is 2.24. The standard InChI is InChI=1S/C13H21NO3/c1-6-14(2)9-10-7-12(16-4)13(17-5)8-11(10)15-3/h7-8H,6,9H2,1-5H3. The van der Waals surface area contributed by atoms with Gasteiger partial charge in [-0.15, -0.1) is 0 Å². The summed E-state index contributed by atoms with van der Waals surface area (Å²) in [5.41, 5.74) is 1.09. The quantitative estimate of drug-likeness (QED) is 0.761. The summed E-state index contributed by atoms with van der Waals surface area (Å²) in [6.45, 7) is 3.92. The van der Waals surface area contributed by atoms with E-state index >= 15 is 0 Å². The van der Waals surface area contributed by atoms with Crippen molar-refractivity contribution >= 4 is 0 Å². The Morgan fingerprint density at radius 2 is 1.47 bits per heavy atom. The zero-order chi connectivity index (χ0) is 12.8. The Morgan fingerprint density at radius 3 is 1.94 bits per heavy atom. The molecule has 0 saturated carbocycles. The van der Waals surface area contributed by atoms with E-state index in [1.807, 2.05) is 12.1 Å². The second-order valence-electron chi connectivity index (χ2n) is 3.85. The molecule has 0 amide bonds. The lowest BCUT2D eigenvalue weighted by atomic mass is 10.1. The number of hydrogen-bond donors (Lipinski definition) is 0. The molecule has 0 heterocycles. The third-order valence-electron chi connectivity index (χ3n) is 2.77. The van der Waals surface area contributed by atoms with Crippen molar-refractivity contribution < 1.29 is 14.2 Å². The van der Waals surface area contributed by atoms with Crippen LogP contribution in [-0.2, 0) is 6.54 Å². The van der Waals surface area contributed by atoms with Crippen LogP contribution in [0.3, 0.4) is 0 Å². The first-order valence-corrected chi connectivity index (χ1v) is 5.63. The first-order chi connectivity index (χ1) is 8.15. The fraction of sp³-hybridized carbons (Fsp3) is 0.538. The first kappa shape index (κ1) is 13.6. The lowest BCUT2D eigenvalue weighted by molar-refractivity contribution is 0.323. The van der Waals surface area contributed by atoms with Crippen LogP contribution in [0.5, 0.6) is 17.2 Å². The molecule has 1 aromatic rings. The molecule has 0 saturated heterocycles. The average Bonchev–Trinajstić information content (AvgIpc) is 2.37. The topological polar surface area (TPSA) is 30.9 Å². The maximum atomic E-state index is 5.37. The normalized spacial score (nSPS) is 10.5. The third kappa shape index (κ3) is 3.27. The molecule has 1 rings (SSSR count). The van der Waals surface area contributed by atoms with Crippen LogP contribution >= 0.6 is 0 Å². The van der Waals surface area contributed by atoms with E-state index in [2.05, 4.69) is 18.9 Å². The van der Waals surface area contributed by atoms with Gasteiger partial charge in [0.2, 0.25) is 0 Å². The second kappa shape index (κ2) is 6.35. The summed E-state index contributed by atoms with van der Waals surface area (Å²) in [6.07, 6.45) is 0. The van der Waals surface area contributed by atoms with Crippen molar-refractivity contribution in [3.63, 3.8) is 0 Å². The van der Waals surface area contributed by atoms with E-state index in [4.69, 9.17) is 14.2 Å². The summed E-state index contributed by atoms with van der Waals surface area (Å²) in [4.78, 5) is 2.20. The van der Waals surface area contributed by atoms with Gasteiger partial charge in [-0.25, -0.2) is 0 Å². The van der Waals surface area contributed by atoms with Gasteiger partial charge in [-0.2, -0.15) is 0 Å². The Kier molecular flexibility index (Phi) is 5.10. The van der Waals surface area contributed by atoms with Crippen molar-refractivity contribution in [2.45, 2.75) is 13.5 Å². The van der Waals surface area contributed by atoms with Gasteiger partial charge in [0.05, 0.1) is 21.3 Å². The molecule has 1 aromatic carbocycles. The highest BCUT2D eigenvalue weighted by atomic mass is 16.5. The number of ether oxygens (including phenoxy) is 3. The highest BCUT2D eigenvalue weighted by Crippen LogP contribution is 2.34. The minimum absolute atomic E-state index is 0.687. The molecule has 0 fully saturated rings. The molecular formula is C13H21NO3. The van der Waals surface area contributed by atoms with E-state index in [1.165, 1.54) is 0 Å². The van der Waals surface area contributed by atoms with Gasteiger partial charge in [-0.05, 0) is 19.7 Å². The minimum Gasteiger partial charge on any atom is -0.496 e. The summed E-state index contributed by atoms with van der Waals surface area (Å²) < 4.78 is 15.9. The van der Waals surface area contributed by atoms with Gasteiger partial charge in [-0.3, -0.25) is 0 Å². The number of hydrogen-bond acceptors (Lipinski definition) is 4. The molecule has 0 aliphatic rings. The molecule has 0 radical (unpaired) electrons.